The van der Waals surface area contributed by atoms with Gasteiger partial charge in [0, 0.05) is 6.20 Å². The van der Waals surface area contributed by atoms with Crippen molar-refractivity contribution < 1.29 is 24.1 Å². The van der Waals surface area contributed by atoms with Crippen molar-refractivity contribution in [1.29, 1.82) is 0 Å². The summed E-state index contributed by atoms with van der Waals surface area (Å²) in [4.78, 5) is 4.95. The SMILES string of the molecule is CC(C)(C)c1ccnc(-n2c3ccccc3c3ccc(Oc4ccc5c(c4)n4[c](=[Pt])n(-c6c(-c7ccccc7)cccc6-c6ccccc6)c6cccc(c7ccccc7n5-c5ccccc5)c64)cc32)c1. The van der Waals surface area contributed by atoms with Crippen molar-refractivity contribution >= 4 is 60.2 Å². The number of hydrogen-bond donors (Lipinski definition) is 0. The Kier molecular flexibility index (Phi) is 10.2. The molecule has 4 heterocycles. The Morgan fingerprint density at radius 2 is 0.958 bits per heavy atom. The van der Waals surface area contributed by atoms with E-state index in [2.05, 4.69) is 283 Å². The number of pyridine rings is 1. The number of para-hydroxylation sites is 5. The number of rotatable bonds is 7. The van der Waals surface area contributed by atoms with Gasteiger partial charge in [-0.1, -0.05) is 32.9 Å². The van der Waals surface area contributed by atoms with Crippen molar-refractivity contribution in [2.24, 2.45) is 0 Å². The third kappa shape index (κ3) is 7.12. The molecule has 0 spiro atoms. The van der Waals surface area contributed by atoms with Crippen molar-refractivity contribution in [1.82, 2.24) is 23.1 Å². The molecular formula is C64H47N5OPt. The van der Waals surface area contributed by atoms with E-state index in [0.29, 0.717) is 0 Å². The molecule has 0 aliphatic heterocycles. The van der Waals surface area contributed by atoms with E-state index in [9.17, 15) is 0 Å². The molecule has 0 bridgehead atoms. The average molecular weight is 1100 g/mol. The van der Waals surface area contributed by atoms with Gasteiger partial charge in [0.05, 0.1) is 0 Å². The van der Waals surface area contributed by atoms with Gasteiger partial charge >= 0.3 is 368 Å². The van der Waals surface area contributed by atoms with Crippen molar-refractivity contribution in [2.45, 2.75) is 26.2 Å². The molecule has 13 rings (SSSR count). The third-order valence-corrected chi connectivity index (χ3v) is 14.9. The van der Waals surface area contributed by atoms with E-state index >= 15 is 0 Å². The Hall–Kier alpha value is -8.31. The summed E-state index contributed by atoms with van der Waals surface area (Å²) in [5.41, 5.74) is 15.4. The van der Waals surface area contributed by atoms with E-state index in [4.69, 9.17) is 9.72 Å². The van der Waals surface area contributed by atoms with Crippen LogP contribution in [0.3, 0.4) is 0 Å². The normalized spacial score (nSPS) is 12.0. The molecule has 71 heavy (non-hydrogen) atoms. The first-order chi connectivity index (χ1) is 34.8. The summed E-state index contributed by atoms with van der Waals surface area (Å²) in [6.07, 6.45) is 1.93. The van der Waals surface area contributed by atoms with Crippen LogP contribution in [0.25, 0.3) is 99.6 Å². The predicted molar refractivity (Wildman–Crippen MR) is 289 cm³/mol. The molecule has 0 radical (unpaired) electrons. The van der Waals surface area contributed by atoms with Gasteiger partial charge in [-0.25, -0.2) is 0 Å². The van der Waals surface area contributed by atoms with Gasteiger partial charge in [-0.3, -0.25) is 0 Å². The first-order valence-corrected chi connectivity index (χ1v) is 25.2. The van der Waals surface area contributed by atoms with E-state index in [1.165, 1.54) is 10.9 Å². The number of ether oxygens (including phenoxy) is 1. The molecule has 0 N–H and O–H groups in total. The third-order valence-electron chi connectivity index (χ3n) is 13.8. The fourth-order valence-electron chi connectivity index (χ4n) is 10.6. The number of imidazole rings is 1. The molecule has 0 saturated heterocycles. The van der Waals surface area contributed by atoms with Crippen molar-refractivity contribution in [3.63, 3.8) is 0 Å². The zero-order valence-electron chi connectivity index (χ0n) is 39.4. The summed E-state index contributed by atoms with van der Waals surface area (Å²) in [7, 11) is 0. The van der Waals surface area contributed by atoms with Crippen molar-refractivity contribution in [3.05, 3.63) is 240 Å². The number of fused-ring (bicyclic) bond motifs is 7. The summed E-state index contributed by atoms with van der Waals surface area (Å²) in [5.74, 6) is 2.33. The van der Waals surface area contributed by atoms with Gasteiger partial charge in [0.2, 0.25) is 0 Å². The number of hydrogen-bond acceptors (Lipinski definition) is 2. The second kappa shape index (κ2) is 17.0. The first kappa shape index (κ1) is 42.8. The summed E-state index contributed by atoms with van der Waals surface area (Å²) in [6, 6.07) is 80.4. The van der Waals surface area contributed by atoms with Gasteiger partial charge < -0.3 is 0 Å². The standard InChI is InChI=1S/C64H47N5O.Pt/c1-64(2,3)45-37-38-65-61(39-45)69-56-31-16-13-25-51(56)53-35-33-47(40-59(53)69)70-48-34-36-57-60(41-48)67-42-66(62-49(43-19-7-4-8-20-43)27-17-28-50(62)44-21-9-5-10-22-44)58-32-18-29-54(63(58)67)52-26-14-15-30-55(52)68(57)46-23-11-6-12-24-46;/h4-41H,1-3H3;. The van der Waals surface area contributed by atoms with Gasteiger partial charge in [-0.05, 0) is 17.0 Å². The molecule has 0 fully saturated rings. The first-order valence-electron chi connectivity index (χ1n) is 24.0. The topological polar surface area (TPSA) is 41.3 Å². The Morgan fingerprint density at radius 1 is 0.423 bits per heavy atom. The minimum atomic E-state index is -0.0361. The van der Waals surface area contributed by atoms with Crippen LogP contribution in [0.2, 0.25) is 0 Å². The van der Waals surface area contributed by atoms with Gasteiger partial charge in [-0.2, -0.15) is 0 Å². The van der Waals surface area contributed by atoms with Crippen molar-refractivity contribution in [3.8, 4) is 50.9 Å². The summed E-state index contributed by atoms with van der Waals surface area (Å²) < 4.78 is 17.7. The fourth-order valence-corrected chi connectivity index (χ4v) is 11.6. The molecule has 0 unspecified atom stereocenters. The van der Waals surface area contributed by atoms with Crippen LogP contribution in [0.5, 0.6) is 11.5 Å². The Bertz CT molecular complexity index is 4250. The van der Waals surface area contributed by atoms with Gasteiger partial charge in [0.15, 0.2) is 0 Å². The monoisotopic (exact) mass is 1100 g/mol. The van der Waals surface area contributed by atoms with Gasteiger partial charge in [0.25, 0.3) is 0 Å². The average Bonchev–Trinajstić information content (AvgIpc) is 3.90. The number of benzene rings is 9. The molecule has 0 saturated carbocycles. The van der Waals surface area contributed by atoms with Crippen LogP contribution in [0.1, 0.15) is 26.3 Å². The Morgan fingerprint density at radius 3 is 1.63 bits per heavy atom. The van der Waals surface area contributed by atoms with E-state index in [1.807, 2.05) is 6.20 Å². The molecule has 6 nitrogen and oxygen atoms in total. The van der Waals surface area contributed by atoms with Crippen LogP contribution in [-0.4, -0.2) is 23.1 Å². The molecule has 0 aliphatic carbocycles. The van der Waals surface area contributed by atoms with Crippen LogP contribution < -0.4 is 4.74 Å². The maximum atomic E-state index is 7.09. The summed E-state index contributed by atoms with van der Waals surface area (Å²) in [6.45, 7) is 6.73. The molecule has 4 aromatic heterocycles. The second-order valence-corrected chi connectivity index (χ2v) is 20.2. The van der Waals surface area contributed by atoms with Crippen LogP contribution >= 0.6 is 0 Å². The fraction of sp³-hybridized carbons (Fsp3) is 0.0625. The predicted octanol–water partition coefficient (Wildman–Crippen LogP) is 16.5. The molecule has 7 heteroatoms. The van der Waals surface area contributed by atoms with E-state index in [0.717, 1.165) is 110 Å². The van der Waals surface area contributed by atoms with E-state index < -0.39 is 0 Å². The molecule has 0 aliphatic rings. The summed E-state index contributed by atoms with van der Waals surface area (Å²) in [5, 5.41) is 4.58. The van der Waals surface area contributed by atoms with Gasteiger partial charge in [0.1, 0.15) is 0 Å². The van der Waals surface area contributed by atoms with Crippen LogP contribution in [0.4, 0.5) is 0 Å². The molecule has 13 aromatic rings. The maximum absolute atomic E-state index is 7.09. The minimum absolute atomic E-state index is 0.0361. The molecular weight excluding hydrogens is 1050 g/mol. The Labute approximate surface area is 422 Å². The van der Waals surface area contributed by atoms with Crippen LogP contribution in [0.15, 0.2) is 231 Å². The van der Waals surface area contributed by atoms with Crippen LogP contribution in [0, 0.1) is 3.80 Å². The molecule has 9 aromatic carbocycles. The molecule has 344 valence electrons. The zero-order chi connectivity index (χ0) is 47.8. The zero-order valence-corrected chi connectivity index (χ0v) is 41.7. The van der Waals surface area contributed by atoms with Crippen LogP contribution in [-0.2, 0) is 24.8 Å². The van der Waals surface area contributed by atoms with Gasteiger partial charge in [-0.15, -0.1) is 0 Å². The van der Waals surface area contributed by atoms with E-state index in [1.54, 1.807) is 0 Å². The van der Waals surface area contributed by atoms with E-state index in [-0.39, 0.29) is 5.41 Å². The summed E-state index contributed by atoms with van der Waals surface area (Å²) >= 11 is 2.57. The van der Waals surface area contributed by atoms with Crippen molar-refractivity contribution in [2.75, 3.05) is 0 Å². The second-order valence-electron chi connectivity index (χ2n) is 19.1. The quantitative estimate of drug-likeness (QED) is 0.160. The number of aromatic nitrogens is 5. The number of nitrogens with zero attached hydrogens (tertiary/aromatic N) is 5. The molecule has 0 amide bonds. The molecule has 0 atom stereocenters. The Balaban J connectivity index is 1.12.